The minimum atomic E-state index is 0.819. The summed E-state index contributed by atoms with van der Waals surface area (Å²) in [5.74, 6) is 1.06. The lowest BCUT2D eigenvalue weighted by Gasteiger charge is -2.11. The van der Waals surface area contributed by atoms with Gasteiger partial charge in [0.25, 0.3) is 0 Å². The molecule has 0 aliphatic carbocycles. The molecule has 0 saturated carbocycles. The molecule has 2 heteroatoms. The molecule has 0 saturated heterocycles. The van der Waals surface area contributed by atoms with Gasteiger partial charge in [-0.05, 0) is 57.3 Å². The van der Waals surface area contributed by atoms with E-state index in [1.807, 2.05) is 0 Å². The number of hydrogen-bond acceptors (Lipinski definition) is 2. The summed E-state index contributed by atoms with van der Waals surface area (Å²) in [6, 6.07) is 6.28. The van der Waals surface area contributed by atoms with E-state index in [2.05, 4.69) is 44.3 Å². The van der Waals surface area contributed by atoms with Crippen molar-refractivity contribution in [3.63, 3.8) is 0 Å². The molecule has 17 heavy (non-hydrogen) atoms. The number of nitrogens with one attached hydrogen (secondary N) is 1. The van der Waals surface area contributed by atoms with Gasteiger partial charge in [0.2, 0.25) is 0 Å². The minimum Gasteiger partial charge on any atom is -0.493 e. The summed E-state index contributed by atoms with van der Waals surface area (Å²) in [5.41, 5.74) is 2.46. The molecule has 0 radical (unpaired) electrons. The zero-order valence-corrected chi connectivity index (χ0v) is 11.4. The van der Waals surface area contributed by atoms with Crippen LogP contribution in [0.4, 0.5) is 0 Å². The summed E-state index contributed by atoms with van der Waals surface area (Å²) in [6.07, 6.45) is 3.51. The minimum absolute atomic E-state index is 0.819. The smallest absolute Gasteiger partial charge is 0.125 e. The van der Waals surface area contributed by atoms with E-state index >= 15 is 0 Å². The van der Waals surface area contributed by atoms with E-state index in [4.69, 9.17) is 4.74 Å². The second kappa shape index (κ2) is 8.13. The van der Waals surface area contributed by atoms with Gasteiger partial charge in [0.05, 0.1) is 6.61 Å². The SMILES string of the molecule is CCCNCCCCOc1c(C)cccc1C. The Morgan fingerprint density at radius 3 is 2.41 bits per heavy atom. The number of benzene rings is 1. The first-order valence-electron chi connectivity index (χ1n) is 6.65. The molecular weight excluding hydrogens is 210 g/mol. The van der Waals surface area contributed by atoms with Crippen molar-refractivity contribution in [2.24, 2.45) is 0 Å². The quantitative estimate of drug-likeness (QED) is 0.697. The van der Waals surface area contributed by atoms with Gasteiger partial charge in [0.15, 0.2) is 0 Å². The van der Waals surface area contributed by atoms with Crippen molar-refractivity contribution >= 4 is 0 Å². The first-order valence-corrected chi connectivity index (χ1v) is 6.65. The third-order valence-electron chi connectivity index (χ3n) is 2.83. The Kier molecular flexibility index (Phi) is 6.71. The molecule has 0 aliphatic heterocycles. The van der Waals surface area contributed by atoms with Gasteiger partial charge in [0, 0.05) is 0 Å². The average molecular weight is 235 g/mol. The molecule has 0 atom stereocenters. The van der Waals surface area contributed by atoms with Gasteiger partial charge >= 0.3 is 0 Å². The van der Waals surface area contributed by atoms with Gasteiger partial charge in [-0.3, -0.25) is 0 Å². The van der Waals surface area contributed by atoms with Crippen LogP contribution in [0.3, 0.4) is 0 Å². The fourth-order valence-corrected chi connectivity index (χ4v) is 1.85. The highest BCUT2D eigenvalue weighted by Crippen LogP contribution is 2.22. The van der Waals surface area contributed by atoms with Gasteiger partial charge in [-0.25, -0.2) is 0 Å². The lowest BCUT2D eigenvalue weighted by Crippen LogP contribution is -2.16. The zero-order chi connectivity index (χ0) is 12.5. The van der Waals surface area contributed by atoms with Gasteiger partial charge in [-0.15, -0.1) is 0 Å². The van der Waals surface area contributed by atoms with Crippen LogP contribution in [0.1, 0.15) is 37.3 Å². The third-order valence-corrected chi connectivity index (χ3v) is 2.83. The summed E-state index contributed by atoms with van der Waals surface area (Å²) in [7, 11) is 0. The second-order valence-electron chi connectivity index (χ2n) is 4.53. The van der Waals surface area contributed by atoms with Gasteiger partial charge < -0.3 is 10.1 Å². The highest BCUT2D eigenvalue weighted by atomic mass is 16.5. The Labute approximate surface area is 105 Å². The summed E-state index contributed by atoms with van der Waals surface area (Å²) < 4.78 is 5.85. The Bertz CT molecular complexity index is 302. The molecule has 0 amide bonds. The maximum atomic E-state index is 5.85. The Morgan fingerprint density at radius 2 is 1.76 bits per heavy atom. The monoisotopic (exact) mass is 235 g/mol. The van der Waals surface area contributed by atoms with Crippen molar-refractivity contribution in [1.29, 1.82) is 0 Å². The molecule has 1 aromatic carbocycles. The van der Waals surface area contributed by atoms with Gasteiger partial charge in [-0.1, -0.05) is 25.1 Å². The lowest BCUT2D eigenvalue weighted by molar-refractivity contribution is 0.302. The highest BCUT2D eigenvalue weighted by molar-refractivity contribution is 5.39. The predicted molar refractivity (Wildman–Crippen MR) is 73.8 cm³/mol. The van der Waals surface area contributed by atoms with Crippen LogP contribution in [0.15, 0.2) is 18.2 Å². The van der Waals surface area contributed by atoms with Crippen molar-refractivity contribution in [2.45, 2.75) is 40.0 Å². The average Bonchev–Trinajstić information content (AvgIpc) is 2.31. The van der Waals surface area contributed by atoms with Crippen molar-refractivity contribution in [3.8, 4) is 5.75 Å². The van der Waals surface area contributed by atoms with Crippen LogP contribution >= 0.6 is 0 Å². The molecule has 1 aromatic rings. The van der Waals surface area contributed by atoms with Gasteiger partial charge in [0.1, 0.15) is 5.75 Å². The molecule has 1 N–H and O–H groups in total. The van der Waals surface area contributed by atoms with E-state index in [9.17, 15) is 0 Å². The molecule has 0 spiro atoms. The topological polar surface area (TPSA) is 21.3 Å². The molecule has 0 aromatic heterocycles. The van der Waals surface area contributed by atoms with Crippen LogP contribution in [0, 0.1) is 13.8 Å². The van der Waals surface area contributed by atoms with E-state index in [1.54, 1.807) is 0 Å². The Hall–Kier alpha value is -1.02. The zero-order valence-electron chi connectivity index (χ0n) is 11.4. The number of ether oxygens (including phenoxy) is 1. The molecule has 0 aliphatic rings. The number of para-hydroxylation sites is 1. The fraction of sp³-hybridized carbons (Fsp3) is 0.600. The van der Waals surface area contributed by atoms with E-state index in [1.165, 1.54) is 24.0 Å². The summed E-state index contributed by atoms with van der Waals surface area (Å²) in [4.78, 5) is 0. The first kappa shape index (κ1) is 14.0. The first-order chi connectivity index (χ1) is 8.25. The number of hydrogen-bond donors (Lipinski definition) is 1. The maximum absolute atomic E-state index is 5.85. The molecule has 0 heterocycles. The van der Waals surface area contributed by atoms with Crippen molar-refractivity contribution in [2.75, 3.05) is 19.7 Å². The number of unbranched alkanes of at least 4 members (excludes halogenated alkanes) is 1. The van der Waals surface area contributed by atoms with Crippen LogP contribution < -0.4 is 10.1 Å². The normalized spacial score (nSPS) is 10.5. The highest BCUT2D eigenvalue weighted by Gasteiger charge is 2.02. The van der Waals surface area contributed by atoms with Crippen molar-refractivity contribution in [3.05, 3.63) is 29.3 Å². The molecular formula is C15H25NO. The Balaban J connectivity index is 2.18. The summed E-state index contributed by atoms with van der Waals surface area (Å²) in [6.45, 7) is 9.44. The number of rotatable bonds is 8. The fourth-order valence-electron chi connectivity index (χ4n) is 1.85. The van der Waals surface area contributed by atoms with Crippen LogP contribution in [-0.2, 0) is 0 Å². The van der Waals surface area contributed by atoms with E-state index in [-0.39, 0.29) is 0 Å². The van der Waals surface area contributed by atoms with Gasteiger partial charge in [-0.2, -0.15) is 0 Å². The van der Waals surface area contributed by atoms with E-state index in [0.29, 0.717) is 0 Å². The van der Waals surface area contributed by atoms with Crippen molar-refractivity contribution < 1.29 is 4.74 Å². The third kappa shape index (κ3) is 5.22. The summed E-state index contributed by atoms with van der Waals surface area (Å²) >= 11 is 0. The predicted octanol–water partition coefficient (Wildman–Crippen LogP) is 3.46. The summed E-state index contributed by atoms with van der Waals surface area (Å²) in [5, 5.41) is 3.40. The molecule has 0 unspecified atom stereocenters. The Morgan fingerprint density at radius 1 is 1.06 bits per heavy atom. The van der Waals surface area contributed by atoms with Crippen molar-refractivity contribution in [1.82, 2.24) is 5.32 Å². The largest absolute Gasteiger partial charge is 0.493 e. The molecule has 0 bridgehead atoms. The van der Waals surface area contributed by atoms with E-state index < -0.39 is 0 Å². The molecule has 0 fully saturated rings. The van der Waals surface area contributed by atoms with Crippen LogP contribution in [0.5, 0.6) is 5.75 Å². The molecule has 96 valence electrons. The molecule has 1 rings (SSSR count). The van der Waals surface area contributed by atoms with E-state index in [0.717, 1.165) is 31.9 Å². The van der Waals surface area contributed by atoms with Crippen LogP contribution in [0.2, 0.25) is 0 Å². The molecule has 2 nitrogen and oxygen atoms in total. The second-order valence-corrected chi connectivity index (χ2v) is 4.53. The van der Waals surface area contributed by atoms with Crippen LogP contribution in [-0.4, -0.2) is 19.7 Å². The lowest BCUT2D eigenvalue weighted by atomic mass is 10.1. The maximum Gasteiger partial charge on any atom is 0.125 e. The number of aryl methyl sites for hydroxylation is 2. The van der Waals surface area contributed by atoms with Crippen LogP contribution in [0.25, 0.3) is 0 Å². The standard InChI is InChI=1S/C15H25NO/c1-4-10-16-11-5-6-12-17-15-13(2)8-7-9-14(15)3/h7-9,16H,4-6,10-12H2,1-3H3.